The van der Waals surface area contributed by atoms with Crippen LogP contribution in [0.25, 0.3) is 6.08 Å². The molecule has 1 aliphatic carbocycles. The first-order valence-electron chi connectivity index (χ1n) is 10.1. The number of carbonyl (C=O) groups is 1. The SMILES string of the molecule is CCCCCCCCNC(=O)/C=C/C1=Cc2cc(OC)c(OC)cc2CC1. The van der Waals surface area contributed by atoms with E-state index in [9.17, 15) is 4.79 Å². The molecule has 1 aromatic carbocycles. The van der Waals surface area contributed by atoms with Gasteiger partial charge in [0.1, 0.15) is 0 Å². The first kappa shape index (κ1) is 21.1. The third-order valence-corrected chi connectivity index (χ3v) is 4.95. The predicted molar refractivity (Wildman–Crippen MR) is 111 cm³/mol. The molecule has 4 nitrogen and oxygen atoms in total. The van der Waals surface area contributed by atoms with Crippen LogP contribution in [-0.4, -0.2) is 26.7 Å². The van der Waals surface area contributed by atoms with Crippen LogP contribution >= 0.6 is 0 Å². The number of fused-ring (bicyclic) bond motifs is 1. The van der Waals surface area contributed by atoms with Crippen molar-refractivity contribution in [3.8, 4) is 11.5 Å². The van der Waals surface area contributed by atoms with E-state index in [0.29, 0.717) is 0 Å². The monoisotopic (exact) mass is 371 g/mol. The van der Waals surface area contributed by atoms with Crippen molar-refractivity contribution in [3.63, 3.8) is 0 Å². The maximum atomic E-state index is 12.0. The average molecular weight is 372 g/mol. The van der Waals surface area contributed by atoms with Crippen LogP contribution in [0.2, 0.25) is 0 Å². The largest absolute Gasteiger partial charge is 0.493 e. The lowest BCUT2D eigenvalue weighted by atomic mass is 9.91. The summed E-state index contributed by atoms with van der Waals surface area (Å²) in [6.45, 7) is 2.98. The van der Waals surface area contributed by atoms with Crippen molar-refractivity contribution in [1.82, 2.24) is 5.32 Å². The van der Waals surface area contributed by atoms with Gasteiger partial charge in [-0.05, 0) is 48.1 Å². The molecule has 0 aliphatic heterocycles. The van der Waals surface area contributed by atoms with Gasteiger partial charge < -0.3 is 14.8 Å². The second-order valence-electron chi connectivity index (χ2n) is 7.02. The van der Waals surface area contributed by atoms with Crippen LogP contribution in [0.3, 0.4) is 0 Å². The summed E-state index contributed by atoms with van der Waals surface area (Å²) in [5.41, 5.74) is 3.53. The van der Waals surface area contributed by atoms with Gasteiger partial charge in [-0.2, -0.15) is 0 Å². The molecule has 0 fully saturated rings. The van der Waals surface area contributed by atoms with E-state index in [1.807, 2.05) is 18.2 Å². The van der Waals surface area contributed by atoms with Crippen molar-refractivity contribution in [3.05, 3.63) is 41.0 Å². The number of ether oxygens (including phenoxy) is 2. The molecule has 0 heterocycles. The minimum Gasteiger partial charge on any atom is -0.493 e. The lowest BCUT2D eigenvalue weighted by Crippen LogP contribution is -2.22. The van der Waals surface area contributed by atoms with E-state index < -0.39 is 0 Å². The standard InChI is InChI=1S/C23H33NO3/c1-4-5-6-7-8-9-14-24-23(25)13-11-18-10-12-19-16-21(26-2)22(27-3)17-20(19)15-18/h11,13,15-17H,4-10,12,14H2,1-3H3,(H,24,25)/b13-11+. The van der Waals surface area contributed by atoms with Gasteiger partial charge in [-0.3, -0.25) is 4.79 Å². The summed E-state index contributed by atoms with van der Waals surface area (Å²) in [6, 6.07) is 4.04. The Kier molecular flexibility index (Phi) is 8.96. The highest BCUT2D eigenvalue weighted by Gasteiger charge is 2.14. The summed E-state index contributed by atoms with van der Waals surface area (Å²) in [5.74, 6) is 1.48. The molecule has 1 aromatic rings. The maximum absolute atomic E-state index is 12.0. The zero-order valence-electron chi connectivity index (χ0n) is 17.0. The fraction of sp³-hybridized carbons (Fsp3) is 0.522. The van der Waals surface area contributed by atoms with Gasteiger partial charge in [0.15, 0.2) is 11.5 Å². The third kappa shape index (κ3) is 6.78. The Morgan fingerprint density at radius 2 is 1.74 bits per heavy atom. The summed E-state index contributed by atoms with van der Waals surface area (Å²) >= 11 is 0. The van der Waals surface area contributed by atoms with E-state index >= 15 is 0 Å². The molecule has 1 amide bonds. The van der Waals surface area contributed by atoms with Crippen molar-refractivity contribution < 1.29 is 14.3 Å². The van der Waals surface area contributed by atoms with E-state index in [4.69, 9.17) is 9.47 Å². The van der Waals surface area contributed by atoms with Gasteiger partial charge in [0, 0.05) is 12.6 Å². The number of nitrogens with one attached hydrogen (secondary N) is 1. The fourth-order valence-electron chi connectivity index (χ4n) is 3.33. The number of methoxy groups -OCH3 is 2. The smallest absolute Gasteiger partial charge is 0.243 e. The van der Waals surface area contributed by atoms with Crippen LogP contribution in [-0.2, 0) is 11.2 Å². The Morgan fingerprint density at radius 3 is 2.48 bits per heavy atom. The Morgan fingerprint density at radius 1 is 1.04 bits per heavy atom. The molecule has 0 radical (unpaired) electrons. The van der Waals surface area contributed by atoms with Crippen LogP contribution < -0.4 is 14.8 Å². The zero-order valence-corrected chi connectivity index (χ0v) is 17.0. The number of rotatable bonds is 11. The molecule has 2 rings (SSSR count). The number of allylic oxidation sites excluding steroid dienone is 2. The number of unbranched alkanes of at least 4 members (excludes halogenated alkanes) is 5. The van der Waals surface area contributed by atoms with Crippen LogP contribution in [0.4, 0.5) is 0 Å². The first-order chi connectivity index (χ1) is 13.2. The minimum atomic E-state index is -0.0115. The van der Waals surface area contributed by atoms with Crippen molar-refractivity contribution in [1.29, 1.82) is 0 Å². The minimum absolute atomic E-state index is 0.0115. The second kappa shape index (κ2) is 11.5. The maximum Gasteiger partial charge on any atom is 0.243 e. The molecule has 0 saturated carbocycles. The quantitative estimate of drug-likeness (QED) is 0.436. The molecule has 4 heteroatoms. The van der Waals surface area contributed by atoms with E-state index in [1.54, 1.807) is 20.3 Å². The lowest BCUT2D eigenvalue weighted by Gasteiger charge is -2.17. The van der Waals surface area contributed by atoms with Gasteiger partial charge in [-0.15, -0.1) is 0 Å². The van der Waals surface area contributed by atoms with E-state index in [0.717, 1.165) is 48.4 Å². The van der Waals surface area contributed by atoms with Gasteiger partial charge in [0.2, 0.25) is 5.91 Å². The van der Waals surface area contributed by atoms with Crippen molar-refractivity contribution >= 4 is 12.0 Å². The Hall–Kier alpha value is -2.23. The normalized spacial score (nSPS) is 13.2. The van der Waals surface area contributed by atoms with E-state index in [1.165, 1.54) is 37.7 Å². The fourth-order valence-corrected chi connectivity index (χ4v) is 3.33. The highest BCUT2D eigenvalue weighted by molar-refractivity contribution is 5.88. The van der Waals surface area contributed by atoms with Crippen LogP contribution in [0.15, 0.2) is 29.9 Å². The molecule has 0 aromatic heterocycles. The molecule has 0 unspecified atom stereocenters. The Labute approximate surface area is 163 Å². The number of hydrogen-bond acceptors (Lipinski definition) is 3. The van der Waals surface area contributed by atoms with Crippen LogP contribution in [0.1, 0.15) is 63.0 Å². The number of carbonyl (C=O) groups excluding carboxylic acids is 1. The molecular weight excluding hydrogens is 338 g/mol. The first-order valence-corrected chi connectivity index (χ1v) is 10.1. The highest BCUT2D eigenvalue weighted by Crippen LogP contribution is 2.35. The summed E-state index contributed by atoms with van der Waals surface area (Å²) < 4.78 is 10.8. The third-order valence-electron chi connectivity index (χ3n) is 4.95. The van der Waals surface area contributed by atoms with Crippen molar-refractivity contribution in [2.75, 3.05) is 20.8 Å². The van der Waals surface area contributed by atoms with Gasteiger partial charge >= 0.3 is 0 Å². The molecular formula is C23H33NO3. The van der Waals surface area contributed by atoms with E-state index in [-0.39, 0.29) is 5.91 Å². The Bertz CT molecular complexity index is 676. The topological polar surface area (TPSA) is 47.6 Å². The average Bonchev–Trinajstić information content (AvgIpc) is 2.70. The summed E-state index contributed by atoms with van der Waals surface area (Å²) in [5, 5.41) is 2.98. The molecule has 1 N–H and O–H groups in total. The van der Waals surface area contributed by atoms with Gasteiger partial charge in [-0.25, -0.2) is 0 Å². The number of aryl methyl sites for hydroxylation is 1. The zero-order chi connectivity index (χ0) is 19.5. The van der Waals surface area contributed by atoms with Crippen LogP contribution in [0, 0.1) is 0 Å². The molecule has 27 heavy (non-hydrogen) atoms. The van der Waals surface area contributed by atoms with Crippen molar-refractivity contribution in [2.45, 2.75) is 58.3 Å². The molecule has 0 bridgehead atoms. The molecule has 0 spiro atoms. The number of amides is 1. The van der Waals surface area contributed by atoms with Gasteiger partial charge in [-0.1, -0.05) is 51.2 Å². The second-order valence-corrected chi connectivity index (χ2v) is 7.02. The number of benzene rings is 1. The van der Waals surface area contributed by atoms with Crippen molar-refractivity contribution in [2.24, 2.45) is 0 Å². The summed E-state index contributed by atoms with van der Waals surface area (Å²) in [7, 11) is 3.30. The lowest BCUT2D eigenvalue weighted by molar-refractivity contribution is -0.116. The van der Waals surface area contributed by atoms with Gasteiger partial charge in [0.25, 0.3) is 0 Å². The van der Waals surface area contributed by atoms with Crippen LogP contribution in [0.5, 0.6) is 11.5 Å². The number of hydrogen-bond donors (Lipinski definition) is 1. The summed E-state index contributed by atoms with van der Waals surface area (Å²) in [4.78, 5) is 12.0. The van der Waals surface area contributed by atoms with E-state index in [2.05, 4.69) is 18.3 Å². The molecule has 1 aliphatic rings. The molecule has 0 saturated heterocycles. The Balaban J connectivity index is 1.83. The molecule has 0 atom stereocenters. The van der Waals surface area contributed by atoms with Gasteiger partial charge in [0.05, 0.1) is 14.2 Å². The molecule has 148 valence electrons. The summed E-state index contributed by atoms with van der Waals surface area (Å²) in [6.07, 6.45) is 14.9. The highest BCUT2D eigenvalue weighted by atomic mass is 16.5. The predicted octanol–water partition coefficient (Wildman–Crippen LogP) is 5.07.